The Morgan fingerprint density at radius 1 is 0.526 bits per heavy atom. The number of thiazole rings is 1. The van der Waals surface area contributed by atoms with Gasteiger partial charge in [0, 0.05) is 22.6 Å². The molecule has 0 N–H and O–H groups in total. The van der Waals surface area contributed by atoms with Crippen molar-refractivity contribution in [2.24, 2.45) is 0 Å². The van der Waals surface area contributed by atoms with Crippen LogP contribution >= 0.6 is 11.3 Å². The first-order chi connectivity index (χ1) is 18.7. The second kappa shape index (κ2) is 10.0. The molecular formula is C33H20N4S. The first-order valence-electron chi connectivity index (χ1n) is 12.1. The molecule has 0 spiro atoms. The standard InChI is InChI=1S/C33H20N4S/c34-21-23-5-9-25(10-6-23)26-11-17-29(18-12-26)37(28-15-7-24(22-35)8-16-28)30-19-13-27(14-20-30)33-36-31-3-1-2-4-32(31)38-33/h1-20H. The van der Waals surface area contributed by atoms with E-state index < -0.39 is 0 Å². The topological polar surface area (TPSA) is 63.7 Å². The van der Waals surface area contributed by atoms with Crippen LogP contribution in [0, 0.1) is 22.7 Å². The summed E-state index contributed by atoms with van der Waals surface area (Å²) in [6, 6.07) is 44.5. The van der Waals surface area contributed by atoms with Gasteiger partial charge in [0.05, 0.1) is 33.5 Å². The molecule has 5 heteroatoms. The number of hydrogen-bond donors (Lipinski definition) is 0. The lowest BCUT2D eigenvalue weighted by molar-refractivity contribution is 1.28. The first-order valence-corrected chi connectivity index (χ1v) is 12.9. The number of anilines is 3. The normalized spacial score (nSPS) is 10.6. The van der Waals surface area contributed by atoms with Crippen molar-refractivity contribution in [2.75, 3.05) is 4.90 Å². The van der Waals surface area contributed by atoms with Gasteiger partial charge in [0.15, 0.2) is 0 Å². The predicted molar refractivity (Wildman–Crippen MR) is 155 cm³/mol. The largest absolute Gasteiger partial charge is 0.311 e. The second-order valence-corrected chi connectivity index (χ2v) is 9.79. The molecule has 1 aromatic heterocycles. The Labute approximate surface area is 224 Å². The summed E-state index contributed by atoms with van der Waals surface area (Å²) < 4.78 is 1.17. The number of aromatic nitrogens is 1. The molecule has 6 rings (SSSR count). The molecule has 0 aliphatic heterocycles. The molecule has 1 heterocycles. The van der Waals surface area contributed by atoms with Crippen LogP contribution in [-0.4, -0.2) is 4.98 Å². The Hall–Kier alpha value is -5.23. The average molecular weight is 505 g/mol. The van der Waals surface area contributed by atoms with Gasteiger partial charge in [-0.1, -0.05) is 36.4 Å². The number of para-hydroxylation sites is 1. The fraction of sp³-hybridized carbons (Fsp3) is 0. The lowest BCUT2D eigenvalue weighted by Gasteiger charge is -2.26. The Kier molecular flexibility index (Phi) is 6.12. The number of fused-ring (bicyclic) bond motifs is 1. The van der Waals surface area contributed by atoms with E-state index in [1.54, 1.807) is 11.3 Å². The molecule has 5 aromatic carbocycles. The molecular weight excluding hydrogens is 484 g/mol. The minimum Gasteiger partial charge on any atom is -0.311 e. The van der Waals surface area contributed by atoms with E-state index in [2.05, 4.69) is 71.6 Å². The van der Waals surface area contributed by atoms with E-state index in [1.165, 1.54) is 4.70 Å². The van der Waals surface area contributed by atoms with Crippen LogP contribution in [0.25, 0.3) is 31.9 Å². The predicted octanol–water partition coefficient (Wildman–Crippen LogP) is 8.84. The van der Waals surface area contributed by atoms with Crippen LogP contribution in [-0.2, 0) is 0 Å². The monoisotopic (exact) mass is 504 g/mol. The summed E-state index contributed by atoms with van der Waals surface area (Å²) in [6.07, 6.45) is 0. The lowest BCUT2D eigenvalue weighted by Crippen LogP contribution is -2.09. The zero-order chi connectivity index (χ0) is 25.9. The van der Waals surface area contributed by atoms with Gasteiger partial charge < -0.3 is 4.90 Å². The van der Waals surface area contributed by atoms with Gasteiger partial charge in [-0.3, -0.25) is 0 Å². The summed E-state index contributed by atoms with van der Waals surface area (Å²) in [5, 5.41) is 19.4. The smallest absolute Gasteiger partial charge is 0.124 e. The fourth-order valence-electron chi connectivity index (χ4n) is 4.42. The van der Waals surface area contributed by atoms with Crippen molar-refractivity contribution in [1.29, 1.82) is 10.5 Å². The molecule has 0 fully saturated rings. The van der Waals surface area contributed by atoms with Gasteiger partial charge in [-0.25, -0.2) is 4.98 Å². The van der Waals surface area contributed by atoms with Crippen molar-refractivity contribution in [3.8, 4) is 33.8 Å². The van der Waals surface area contributed by atoms with E-state index in [1.807, 2.05) is 66.7 Å². The molecule has 0 aliphatic carbocycles. The van der Waals surface area contributed by atoms with E-state index in [0.29, 0.717) is 11.1 Å². The number of nitrogens with zero attached hydrogens (tertiary/aromatic N) is 4. The number of hydrogen-bond acceptors (Lipinski definition) is 5. The van der Waals surface area contributed by atoms with Crippen LogP contribution in [0.4, 0.5) is 17.1 Å². The highest BCUT2D eigenvalue weighted by Crippen LogP contribution is 2.37. The lowest BCUT2D eigenvalue weighted by atomic mass is 10.0. The number of benzene rings is 5. The van der Waals surface area contributed by atoms with Crippen molar-refractivity contribution in [2.45, 2.75) is 0 Å². The van der Waals surface area contributed by atoms with Gasteiger partial charge in [-0.15, -0.1) is 11.3 Å². The van der Waals surface area contributed by atoms with Gasteiger partial charge in [0.1, 0.15) is 5.01 Å². The highest BCUT2D eigenvalue weighted by molar-refractivity contribution is 7.21. The van der Waals surface area contributed by atoms with Crippen molar-refractivity contribution in [3.05, 3.63) is 132 Å². The van der Waals surface area contributed by atoms with Crippen LogP contribution in [0.3, 0.4) is 0 Å². The van der Waals surface area contributed by atoms with Crippen LogP contribution in [0.5, 0.6) is 0 Å². The van der Waals surface area contributed by atoms with Gasteiger partial charge in [0.25, 0.3) is 0 Å². The molecule has 38 heavy (non-hydrogen) atoms. The van der Waals surface area contributed by atoms with Crippen LogP contribution in [0.15, 0.2) is 121 Å². The molecule has 0 radical (unpaired) electrons. The summed E-state index contributed by atoms with van der Waals surface area (Å²) in [6.45, 7) is 0. The minimum atomic E-state index is 0.621. The summed E-state index contributed by atoms with van der Waals surface area (Å²) in [7, 11) is 0. The fourth-order valence-corrected chi connectivity index (χ4v) is 5.39. The van der Waals surface area contributed by atoms with Gasteiger partial charge >= 0.3 is 0 Å². The molecule has 178 valence electrons. The van der Waals surface area contributed by atoms with Gasteiger partial charge in [0.2, 0.25) is 0 Å². The van der Waals surface area contributed by atoms with Crippen LogP contribution < -0.4 is 4.90 Å². The van der Waals surface area contributed by atoms with Crippen molar-refractivity contribution >= 4 is 38.6 Å². The zero-order valence-electron chi connectivity index (χ0n) is 20.2. The van der Waals surface area contributed by atoms with Crippen molar-refractivity contribution < 1.29 is 0 Å². The molecule has 0 unspecified atom stereocenters. The highest BCUT2D eigenvalue weighted by atomic mass is 32.1. The molecule has 0 saturated carbocycles. The quantitative estimate of drug-likeness (QED) is 0.235. The van der Waals surface area contributed by atoms with E-state index in [0.717, 1.165) is 44.3 Å². The second-order valence-electron chi connectivity index (χ2n) is 8.76. The molecule has 0 aliphatic rings. The van der Waals surface area contributed by atoms with Crippen LogP contribution in [0.2, 0.25) is 0 Å². The number of rotatable bonds is 5. The minimum absolute atomic E-state index is 0.621. The third-order valence-electron chi connectivity index (χ3n) is 6.39. The molecule has 6 aromatic rings. The van der Waals surface area contributed by atoms with E-state index >= 15 is 0 Å². The molecule has 0 atom stereocenters. The Bertz CT molecular complexity index is 1770. The summed E-state index contributed by atoms with van der Waals surface area (Å²) in [5.41, 5.74) is 8.45. The van der Waals surface area contributed by atoms with E-state index in [9.17, 15) is 5.26 Å². The van der Waals surface area contributed by atoms with Gasteiger partial charge in [-0.2, -0.15) is 10.5 Å². The summed E-state index contributed by atoms with van der Waals surface area (Å²) >= 11 is 1.69. The number of nitriles is 2. The molecule has 0 saturated heterocycles. The Morgan fingerprint density at radius 2 is 0.974 bits per heavy atom. The third-order valence-corrected chi connectivity index (χ3v) is 7.48. The highest BCUT2D eigenvalue weighted by Gasteiger charge is 2.14. The maximum atomic E-state index is 9.28. The van der Waals surface area contributed by atoms with Crippen molar-refractivity contribution in [3.63, 3.8) is 0 Å². The van der Waals surface area contributed by atoms with E-state index in [-0.39, 0.29) is 0 Å². The van der Waals surface area contributed by atoms with Crippen LogP contribution in [0.1, 0.15) is 11.1 Å². The summed E-state index contributed by atoms with van der Waals surface area (Å²) in [5.74, 6) is 0. The molecule has 4 nitrogen and oxygen atoms in total. The molecule has 0 bridgehead atoms. The van der Waals surface area contributed by atoms with Gasteiger partial charge in [-0.05, 0) is 96.1 Å². The average Bonchev–Trinajstić information content (AvgIpc) is 3.43. The third kappa shape index (κ3) is 4.51. The Morgan fingerprint density at radius 3 is 1.50 bits per heavy atom. The van der Waals surface area contributed by atoms with E-state index in [4.69, 9.17) is 10.2 Å². The Balaban J connectivity index is 1.37. The molecule has 0 amide bonds. The summed E-state index contributed by atoms with van der Waals surface area (Å²) in [4.78, 5) is 6.97. The zero-order valence-corrected chi connectivity index (χ0v) is 21.1. The SMILES string of the molecule is N#Cc1ccc(-c2ccc(N(c3ccc(C#N)cc3)c3ccc(-c4nc5ccccc5s4)cc3)cc2)cc1. The maximum absolute atomic E-state index is 9.28. The van der Waals surface area contributed by atoms with Crippen molar-refractivity contribution in [1.82, 2.24) is 4.98 Å². The first kappa shape index (κ1) is 23.2. The maximum Gasteiger partial charge on any atom is 0.124 e.